The van der Waals surface area contributed by atoms with Gasteiger partial charge < -0.3 is 4.74 Å². The molecule has 71 valence electrons. The maximum absolute atomic E-state index is 5.65. The first-order valence-corrected chi connectivity index (χ1v) is 5.14. The number of benzene rings is 1. The molecule has 0 fully saturated rings. The van der Waals surface area contributed by atoms with Gasteiger partial charge in [0.2, 0.25) is 5.06 Å². The minimum absolute atomic E-state index is 0.777. The number of nitrogens with zero attached hydrogens (tertiary/aromatic N) is 1. The Bertz CT molecular complexity index is 423. The van der Waals surface area contributed by atoms with E-state index in [0.29, 0.717) is 0 Å². The molecule has 14 heavy (non-hydrogen) atoms. The molecule has 0 spiro atoms. The van der Waals surface area contributed by atoms with Gasteiger partial charge in [-0.2, -0.15) is 0 Å². The number of thiazole rings is 1. The van der Waals surface area contributed by atoms with Gasteiger partial charge in [-0.15, -0.1) is 0 Å². The van der Waals surface area contributed by atoms with E-state index < -0.39 is 0 Å². The van der Waals surface area contributed by atoms with Gasteiger partial charge in [0.1, 0.15) is 5.75 Å². The molecule has 0 bridgehead atoms. The Morgan fingerprint density at radius 2 is 2.21 bits per heavy atom. The molecule has 0 aliphatic heterocycles. The monoisotopic (exact) mass is 204 g/mol. The maximum atomic E-state index is 5.65. The van der Waals surface area contributed by atoms with E-state index in [9.17, 15) is 0 Å². The summed E-state index contributed by atoms with van der Waals surface area (Å²) >= 11 is 1.37. The van der Waals surface area contributed by atoms with Crippen LogP contribution in [0.4, 0.5) is 0 Å². The normalized spacial score (nSPS) is 10.1. The average Bonchev–Trinajstić information content (AvgIpc) is 2.64. The van der Waals surface area contributed by atoms with Crippen molar-refractivity contribution in [1.82, 2.24) is 4.98 Å². The van der Waals surface area contributed by atoms with E-state index in [1.807, 2.05) is 19.9 Å². The molecule has 0 saturated heterocycles. The average molecular weight is 204 g/mol. The van der Waals surface area contributed by atoms with Crippen LogP contribution in [0.25, 0.3) is 0 Å². The molecule has 1 aromatic carbocycles. The molecule has 3 heteroatoms. The van der Waals surface area contributed by atoms with Gasteiger partial charge in [-0.1, -0.05) is 23.5 Å². The van der Waals surface area contributed by atoms with Crippen molar-refractivity contribution in [1.29, 1.82) is 0 Å². The quantitative estimate of drug-likeness (QED) is 0.748. The van der Waals surface area contributed by atoms with Gasteiger partial charge in [-0.3, -0.25) is 0 Å². The van der Waals surface area contributed by atoms with E-state index >= 15 is 0 Å². The van der Waals surface area contributed by atoms with Crippen molar-refractivity contribution in [3.05, 3.63) is 41.0 Å². The molecule has 1 heterocycles. The van der Waals surface area contributed by atoms with Gasteiger partial charge in [0, 0.05) is 0 Å². The van der Waals surface area contributed by atoms with Crippen molar-refractivity contribution < 1.29 is 4.74 Å². The van der Waals surface area contributed by atoms with E-state index in [0.717, 1.165) is 16.4 Å². The summed E-state index contributed by atoms with van der Waals surface area (Å²) in [5.74, 6) is 0.891. The van der Waals surface area contributed by atoms with Crippen LogP contribution in [0, 0.1) is 19.4 Å². The molecule has 0 aliphatic carbocycles. The second-order valence-electron chi connectivity index (χ2n) is 3.14. The van der Waals surface area contributed by atoms with Gasteiger partial charge in [-0.05, 0) is 31.0 Å². The molecule has 2 rings (SSSR count). The van der Waals surface area contributed by atoms with E-state index in [2.05, 4.69) is 22.6 Å². The number of rotatable bonds is 2. The number of ether oxygens (including phenoxy) is 1. The molecular formula is C11H10NOS. The van der Waals surface area contributed by atoms with Gasteiger partial charge in [0.05, 0.1) is 6.20 Å². The first kappa shape index (κ1) is 9.21. The predicted molar refractivity (Wildman–Crippen MR) is 56.9 cm³/mol. The van der Waals surface area contributed by atoms with Crippen molar-refractivity contribution in [3.63, 3.8) is 0 Å². The number of aromatic nitrogens is 1. The van der Waals surface area contributed by atoms with Crippen molar-refractivity contribution >= 4 is 11.3 Å². The van der Waals surface area contributed by atoms with Crippen LogP contribution in [0.1, 0.15) is 11.1 Å². The predicted octanol–water partition coefficient (Wildman–Crippen LogP) is 3.35. The number of hydrogen-bond acceptors (Lipinski definition) is 3. The summed E-state index contributed by atoms with van der Waals surface area (Å²) in [6, 6.07) is 6.14. The van der Waals surface area contributed by atoms with Crippen LogP contribution in [-0.2, 0) is 0 Å². The van der Waals surface area contributed by atoms with Crippen LogP contribution in [0.2, 0.25) is 0 Å². The highest BCUT2D eigenvalue weighted by Crippen LogP contribution is 2.27. The minimum atomic E-state index is 0.777. The zero-order chi connectivity index (χ0) is 9.97. The lowest BCUT2D eigenvalue weighted by molar-refractivity contribution is 0.491. The highest BCUT2D eigenvalue weighted by molar-refractivity contribution is 7.11. The zero-order valence-electron chi connectivity index (χ0n) is 8.07. The van der Waals surface area contributed by atoms with Crippen molar-refractivity contribution in [2.45, 2.75) is 13.8 Å². The smallest absolute Gasteiger partial charge is 0.201 e. The van der Waals surface area contributed by atoms with Crippen LogP contribution >= 0.6 is 11.3 Å². The first-order valence-electron chi connectivity index (χ1n) is 4.33. The third-order valence-electron chi connectivity index (χ3n) is 1.92. The van der Waals surface area contributed by atoms with Crippen LogP contribution in [0.15, 0.2) is 24.4 Å². The third kappa shape index (κ3) is 1.93. The minimum Gasteiger partial charge on any atom is -0.445 e. The van der Waals surface area contributed by atoms with Crippen molar-refractivity contribution in [3.8, 4) is 10.8 Å². The summed E-state index contributed by atoms with van der Waals surface area (Å²) < 4.78 is 5.65. The molecule has 0 N–H and O–H groups in total. The summed E-state index contributed by atoms with van der Waals surface area (Å²) in [5.41, 5.74) is 5.07. The summed E-state index contributed by atoms with van der Waals surface area (Å²) in [6.07, 6.45) is 1.67. The Morgan fingerprint density at radius 1 is 1.36 bits per heavy atom. The number of aryl methyl sites for hydroxylation is 2. The van der Waals surface area contributed by atoms with Crippen LogP contribution < -0.4 is 4.74 Å². The second-order valence-corrected chi connectivity index (χ2v) is 3.93. The van der Waals surface area contributed by atoms with E-state index in [1.54, 1.807) is 6.20 Å². The largest absolute Gasteiger partial charge is 0.445 e. The van der Waals surface area contributed by atoms with Crippen LogP contribution in [-0.4, -0.2) is 4.98 Å². The van der Waals surface area contributed by atoms with Gasteiger partial charge in [0.25, 0.3) is 0 Å². The Balaban J connectivity index is 2.28. The molecule has 1 radical (unpaired) electrons. The van der Waals surface area contributed by atoms with E-state index in [4.69, 9.17) is 4.74 Å². The van der Waals surface area contributed by atoms with Crippen molar-refractivity contribution in [2.75, 3.05) is 0 Å². The van der Waals surface area contributed by atoms with Gasteiger partial charge in [-0.25, -0.2) is 4.98 Å². The SMILES string of the molecule is Cc1ccc(C)c(Oc2cn[c]s2)c1. The van der Waals surface area contributed by atoms with E-state index in [-0.39, 0.29) is 0 Å². The molecule has 0 unspecified atom stereocenters. The highest BCUT2D eigenvalue weighted by Gasteiger charge is 2.02. The Labute approximate surface area is 87.2 Å². The van der Waals surface area contributed by atoms with Crippen molar-refractivity contribution in [2.24, 2.45) is 0 Å². The lowest BCUT2D eigenvalue weighted by Crippen LogP contribution is -1.86. The second kappa shape index (κ2) is 3.80. The molecule has 0 saturated carbocycles. The molecule has 0 aliphatic rings. The Kier molecular flexibility index (Phi) is 2.50. The lowest BCUT2D eigenvalue weighted by Gasteiger charge is -2.06. The topological polar surface area (TPSA) is 22.1 Å². The fraction of sp³-hybridized carbons (Fsp3) is 0.182. The fourth-order valence-electron chi connectivity index (χ4n) is 1.15. The lowest BCUT2D eigenvalue weighted by atomic mass is 10.1. The van der Waals surface area contributed by atoms with Crippen LogP contribution in [0.5, 0.6) is 10.8 Å². The zero-order valence-corrected chi connectivity index (χ0v) is 8.89. The van der Waals surface area contributed by atoms with Gasteiger partial charge in [0.15, 0.2) is 5.51 Å². The maximum Gasteiger partial charge on any atom is 0.201 e. The summed E-state index contributed by atoms with van der Waals surface area (Å²) in [7, 11) is 0. The Morgan fingerprint density at radius 3 is 2.93 bits per heavy atom. The fourth-order valence-corrected chi connectivity index (χ4v) is 1.58. The standard InChI is InChI=1S/C11H10NOS/c1-8-3-4-9(2)10(5-8)13-11-6-12-7-14-11/h3-6H,1-2H3. The molecule has 1 aromatic heterocycles. The Hall–Kier alpha value is -1.35. The van der Waals surface area contributed by atoms with E-state index in [1.165, 1.54) is 16.9 Å². The molecular weight excluding hydrogens is 194 g/mol. The van der Waals surface area contributed by atoms with Gasteiger partial charge >= 0.3 is 0 Å². The molecule has 2 nitrogen and oxygen atoms in total. The first-order chi connectivity index (χ1) is 6.75. The third-order valence-corrected chi connectivity index (χ3v) is 2.51. The van der Waals surface area contributed by atoms with Crippen LogP contribution in [0.3, 0.4) is 0 Å². The number of hydrogen-bond donors (Lipinski definition) is 0. The summed E-state index contributed by atoms with van der Waals surface area (Å²) in [6.45, 7) is 4.07. The molecule has 0 atom stereocenters. The highest BCUT2D eigenvalue weighted by atomic mass is 32.1. The summed E-state index contributed by atoms with van der Waals surface area (Å²) in [4.78, 5) is 3.84. The summed E-state index contributed by atoms with van der Waals surface area (Å²) in [5, 5.41) is 0.777. The molecule has 0 amide bonds. The molecule has 2 aromatic rings.